The Labute approximate surface area is 103 Å². The summed E-state index contributed by atoms with van der Waals surface area (Å²) in [6.07, 6.45) is 4.09. The van der Waals surface area contributed by atoms with Crippen molar-refractivity contribution in [2.45, 2.75) is 6.42 Å². The Hall–Kier alpha value is -1.88. The van der Waals surface area contributed by atoms with Gasteiger partial charge in [0, 0.05) is 23.6 Å². The van der Waals surface area contributed by atoms with Crippen LogP contribution in [0.15, 0.2) is 24.3 Å². The molecule has 1 aromatic rings. The van der Waals surface area contributed by atoms with E-state index in [0.717, 1.165) is 6.07 Å². The molecule has 0 saturated carbocycles. The Morgan fingerprint density at radius 3 is 2.71 bits per heavy atom. The van der Waals surface area contributed by atoms with Crippen molar-refractivity contribution in [2.24, 2.45) is 5.73 Å². The number of hydrogen-bond donors (Lipinski definition) is 1. The standard InChI is InChI=1S/C11H11ClN2O3/c12-4-2-1-3-8-5-9(11(13)15)7-10(6-8)14(16)17/h1,3,5-7H,2,4H2,(H2,13,15). The summed E-state index contributed by atoms with van der Waals surface area (Å²) in [5, 5.41) is 10.7. The molecule has 1 amide bonds. The quantitative estimate of drug-likeness (QED) is 0.497. The second-order valence-electron chi connectivity index (χ2n) is 3.31. The summed E-state index contributed by atoms with van der Waals surface area (Å²) in [7, 11) is 0. The molecule has 0 unspecified atom stereocenters. The summed E-state index contributed by atoms with van der Waals surface area (Å²) < 4.78 is 0. The molecule has 0 radical (unpaired) electrons. The molecule has 0 fully saturated rings. The Kier molecular flexibility index (Phi) is 4.66. The number of non-ortho nitro benzene ring substituents is 1. The number of nitro benzene ring substituents is 1. The molecule has 1 aromatic carbocycles. The number of rotatable bonds is 5. The van der Waals surface area contributed by atoms with Gasteiger partial charge in [0.2, 0.25) is 5.91 Å². The molecular weight excluding hydrogens is 244 g/mol. The minimum absolute atomic E-state index is 0.115. The van der Waals surface area contributed by atoms with E-state index in [1.807, 2.05) is 0 Å². The molecule has 0 spiro atoms. The largest absolute Gasteiger partial charge is 0.366 e. The second-order valence-corrected chi connectivity index (χ2v) is 3.69. The van der Waals surface area contributed by atoms with Crippen LogP contribution in [0.3, 0.4) is 0 Å². The van der Waals surface area contributed by atoms with Crippen LogP contribution in [0.25, 0.3) is 6.08 Å². The predicted octanol–water partition coefficient (Wildman–Crippen LogP) is 2.34. The molecule has 5 nitrogen and oxygen atoms in total. The average Bonchev–Trinajstić information content (AvgIpc) is 2.29. The van der Waals surface area contributed by atoms with Crippen molar-refractivity contribution in [3.63, 3.8) is 0 Å². The summed E-state index contributed by atoms with van der Waals surface area (Å²) >= 11 is 5.50. The second kappa shape index (κ2) is 6.00. The topological polar surface area (TPSA) is 86.2 Å². The number of hydrogen-bond acceptors (Lipinski definition) is 3. The first-order valence-electron chi connectivity index (χ1n) is 4.86. The molecule has 0 atom stereocenters. The van der Waals surface area contributed by atoms with Crippen LogP contribution in [0.4, 0.5) is 5.69 Å². The van der Waals surface area contributed by atoms with Crippen molar-refractivity contribution in [1.29, 1.82) is 0 Å². The van der Waals surface area contributed by atoms with Gasteiger partial charge in [-0.25, -0.2) is 0 Å². The van der Waals surface area contributed by atoms with Gasteiger partial charge in [-0.3, -0.25) is 14.9 Å². The van der Waals surface area contributed by atoms with Crippen LogP contribution in [0, 0.1) is 10.1 Å². The van der Waals surface area contributed by atoms with Gasteiger partial charge in [-0.1, -0.05) is 12.2 Å². The summed E-state index contributed by atoms with van der Waals surface area (Å²) in [6.45, 7) is 0. The number of amides is 1. The highest BCUT2D eigenvalue weighted by Crippen LogP contribution is 2.18. The molecule has 17 heavy (non-hydrogen) atoms. The molecule has 0 aliphatic carbocycles. The third-order valence-electron chi connectivity index (χ3n) is 2.02. The van der Waals surface area contributed by atoms with E-state index in [2.05, 4.69) is 0 Å². The third kappa shape index (κ3) is 3.88. The maximum absolute atomic E-state index is 11.0. The van der Waals surface area contributed by atoms with Crippen molar-refractivity contribution in [1.82, 2.24) is 0 Å². The lowest BCUT2D eigenvalue weighted by atomic mass is 10.1. The van der Waals surface area contributed by atoms with Crippen molar-refractivity contribution >= 4 is 29.3 Å². The summed E-state index contributed by atoms with van der Waals surface area (Å²) in [5.74, 6) is -0.227. The average molecular weight is 255 g/mol. The van der Waals surface area contributed by atoms with Gasteiger partial charge in [0.05, 0.1) is 4.92 Å². The zero-order valence-corrected chi connectivity index (χ0v) is 9.68. The number of carbonyl (C=O) groups is 1. The number of carbonyl (C=O) groups excluding carboxylic acids is 1. The highest BCUT2D eigenvalue weighted by atomic mass is 35.5. The number of nitro groups is 1. The first kappa shape index (κ1) is 13.2. The van der Waals surface area contributed by atoms with Crippen molar-refractivity contribution in [3.05, 3.63) is 45.5 Å². The number of nitrogens with two attached hydrogens (primary N) is 1. The Morgan fingerprint density at radius 1 is 1.47 bits per heavy atom. The number of nitrogens with zero attached hydrogens (tertiary/aromatic N) is 1. The van der Waals surface area contributed by atoms with Gasteiger partial charge in [0.1, 0.15) is 0 Å². The van der Waals surface area contributed by atoms with Gasteiger partial charge in [-0.15, -0.1) is 11.6 Å². The molecular formula is C11H11ClN2O3. The molecule has 0 heterocycles. The normalized spacial score (nSPS) is 10.6. The van der Waals surface area contributed by atoms with Crippen molar-refractivity contribution < 1.29 is 9.72 Å². The van der Waals surface area contributed by atoms with E-state index in [4.69, 9.17) is 17.3 Å². The van der Waals surface area contributed by atoms with E-state index in [1.54, 1.807) is 12.2 Å². The molecule has 6 heteroatoms. The van der Waals surface area contributed by atoms with Crippen molar-refractivity contribution in [2.75, 3.05) is 5.88 Å². The van der Waals surface area contributed by atoms with Gasteiger partial charge in [-0.05, 0) is 18.1 Å². The molecule has 2 N–H and O–H groups in total. The molecule has 0 bridgehead atoms. The molecule has 1 rings (SSSR count). The highest BCUT2D eigenvalue weighted by molar-refractivity contribution is 6.17. The van der Waals surface area contributed by atoms with Crippen LogP contribution >= 0.6 is 11.6 Å². The number of halogens is 1. The fraction of sp³-hybridized carbons (Fsp3) is 0.182. The van der Waals surface area contributed by atoms with Gasteiger partial charge >= 0.3 is 0 Å². The van der Waals surface area contributed by atoms with Crippen LogP contribution in [-0.4, -0.2) is 16.7 Å². The van der Waals surface area contributed by atoms with Crippen LogP contribution in [0.2, 0.25) is 0 Å². The van der Waals surface area contributed by atoms with E-state index >= 15 is 0 Å². The minimum Gasteiger partial charge on any atom is -0.366 e. The lowest BCUT2D eigenvalue weighted by Crippen LogP contribution is -2.11. The van der Waals surface area contributed by atoms with Crippen LogP contribution in [-0.2, 0) is 0 Å². The zero-order valence-electron chi connectivity index (χ0n) is 8.93. The summed E-state index contributed by atoms with van der Waals surface area (Å²) in [6, 6.07) is 4.03. The lowest BCUT2D eigenvalue weighted by Gasteiger charge is -1.99. The van der Waals surface area contributed by atoms with E-state index in [1.165, 1.54) is 12.1 Å². The molecule has 0 saturated heterocycles. The Balaban J connectivity index is 3.12. The smallest absolute Gasteiger partial charge is 0.270 e. The van der Waals surface area contributed by atoms with Crippen LogP contribution < -0.4 is 5.73 Å². The monoisotopic (exact) mass is 254 g/mol. The van der Waals surface area contributed by atoms with Gasteiger partial charge in [0.15, 0.2) is 0 Å². The maximum Gasteiger partial charge on any atom is 0.270 e. The van der Waals surface area contributed by atoms with E-state index in [-0.39, 0.29) is 11.3 Å². The van der Waals surface area contributed by atoms with Gasteiger partial charge < -0.3 is 5.73 Å². The van der Waals surface area contributed by atoms with E-state index < -0.39 is 10.8 Å². The van der Waals surface area contributed by atoms with Gasteiger partial charge in [-0.2, -0.15) is 0 Å². The summed E-state index contributed by atoms with van der Waals surface area (Å²) in [4.78, 5) is 21.1. The molecule has 90 valence electrons. The van der Waals surface area contributed by atoms with Gasteiger partial charge in [0.25, 0.3) is 5.69 Å². The van der Waals surface area contributed by atoms with Crippen molar-refractivity contribution in [3.8, 4) is 0 Å². The van der Waals surface area contributed by atoms with E-state index in [0.29, 0.717) is 17.9 Å². The minimum atomic E-state index is -0.694. The molecule has 0 aliphatic heterocycles. The first-order chi connectivity index (χ1) is 8.04. The Morgan fingerprint density at radius 2 is 2.18 bits per heavy atom. The maximum atomic E-state index is 11.0. The highest BCUT2D eigenvalue weighted by Gasteiger charge is 2.11. The third-order valence-corrected chi connectivity index (χ3v) is 2.24. The molecule has 0 aromatic heterocycles. The number of benzene rings is 1. The van der Waals surface area contributed by atoms with E-state index in [9.17, 15) is 14.9 Å². The first-order valence-corrected chi connectivity index (χ1v) is 5.40. The summed E-state index contributed by atoms with van der Waals surface area (Å²) in [5.41, 5.74) is 5.61. The number of allylic oxidation sites excluding steroid dienone is 1. The SMILES string of the molecule is NC(=O)c1cc(C=CCCCl)cc([N+](=O)[O-])c1. The Bertz CT molecular complexity index is 440. The molecule has 0 aliphatic rings. The predicted molar refractivity (Wildman–Crippen MR) is 66.0 cm³/mol. The van der Waals surface area contributed by atoms with Crippen LogP contribution in [0.5, 0.6) is 0 Å². The lowest BCUT2D eigenvalue weighted by molar-refractivity contribution is -0.384. The zero-order chi connectivity index (χ0) is 12.8. The number of alkyl halides is 1. The van der Waals surface area contributed by atoms with Crippen LogP contribution in [0.1, 0.15) is 22.3 Å². The fourth-order valence-electron chi connectivity index (χ4n) is 1.26. The fourth-order valence-corrected chi connectivity index (χ4v) is 1.39. The number of primary amides is 1.